The quantitative estimate of drug-likeness (QED) is 0.532. The molecule has 0 saturated heterocycles. The van der Waals surface area contributed by atoms with Crippen LogP contribution >= 0.6 is 0 Å². The Kier molecular flexibility index (Phi) is 4.43. The molecule has 0 aliphatic rings. The summed E-state index contributed by atoms with van der Waals surface area (Å²) in [6.07, 6.45) is 0. The van der Waals surface area contributed by atoms with Gasteiger partial charge in [0.1, 0.15) is 0 Å². The van der Waals surface area contributed by atoms with Crippen molar-refractivity contribution >= 4 is 22.6 Å². The maximum atomic E-state index is 13.5. The number of carbonyl (C=O) groups is 1. The average molecular weight is 370 g/mol. The normalized spacial score (nSPS) is 11.0. The number of fused-ring (bicyclic) bond motifs is 1. The van der Waals surface area contributed by atoms with Crippen molar-refractivity contribution in [1.29, 1.82) is 0 Å². The summed E-state index contributed by atoms with van der Waals surface area (Å²) in [4.78, 5) is 19.9. The number of aryl methyl sites for hydroxylation is 3. The van der Waals surface area contributed by atoms with Crippen LogP contribution in [0.2, 0.25) is 0 Å². The van der Waals surface area contributed by atoms with E-state index in [0.29, 0.717) is 11.2 Å². The number of nitrogens with zero attached hydrogens (tertiary/aromatic N) is 4. The highest BCUT2D eigenvalue weighted by Crippen LogP contribution is 2.28. The van der Waals surface area contributed by atoms with Gasteiger partial charge in [-0.2, -0.15) is 5.10 Å². The zero-order valence-electron chi connectivity index (χ0n) is 16.5. The van der Waals surface area contributed by atoms with Gasteiger partial charge in [0.25, 0.3) is 5.91 Å². The Morgan fingerprint density at radius 2 is 1.68 bits per heavy atom. The van der Waals surface area contributed by atoms with E-state index in [0.717, 1.165) is 33.6 Å². The molecule has 0 atom stereocenters. The van der Waals surface area contributed by atoms with Gasteiger partial charge in [-0.3, -0.25) is 9.48 Å². The maximum absolute atomic E-state index is 13.5. The second-order valence-corrected chi connectivity index (χ2v) is 7.03. The molecular formula is C23H22N4O. The molecule has 1 amide bonds. The third kappa shape index (κ3) is 3.05. The molecule has 0 saturated carbocycles. The van der Waals surface area contributed by atoms with Crippen molar-refractivity contribution in [3.8, 4) is 11.3 Å². The summed E-state index contributed by atoms with van der Waals surface area (Å²) in [6.45, 7) is 3.94. The first-order valence-electron chi connectivity index (χ1n) is 9.20. The van der Waals surface area contributed by atoms with E-state index in [-0.39, 0.29) is 5.91 Å². The van der Waals surface area contributed by atoms with E-state index in [1.807, 2.05) is 81.6 Å². The van der Waals surface area contributed by atoms with E-state index in [2.05, 4.69) is 5.10 Å². The fourth-order valence-corrected chi connectivity index (χ4v) is 3.44. The molecule has 2 aromatic carbocycles. The molecule has 0 spiro atoms. The Balaban J connectivity index is 1.89. The minimum Gasteiger partial charge on any atom is -0.311 e. The number of hydrogen-bond donors (Lipinski definition) is 0. The minimum absolute atomic E-state index is 0.0791. The van der Waals surface area contributed by atoms with Crippen LogP contribution in [-0.4, -0.2) is 27.7 Å². The van der Waals surface area contributed by atoms with Crippen LogP contribution in [0.1, 0.15) is 21.6 Å². The number of amides is 1. The number of anilines is 1. The number of aromatic nitrogens is 3. The Labute approximate surface area is 164 Å². The zero-order chi connectivity index (χ0) is 19.8. The molecule has 5 heteroatoms. The van der Waals surface area contributed by atoms with Crippen LogP contribution in [0.25, 0.3) is 22.3 Å². The van der Waals surface area contributed by atoms with Gasteiger partial charge >= 0.3 is 0 Å². The molecular weight excluding hydrogens is 348 g/mol. The van der Waals surface area contributed by atoms with Crippen LogP contribution in [0.15, 0.2) is 60.7 Å². The smallest absolute Gasteiger partial charge is 0.258 e. The lowest BCUT2D eigenvalue weighted by Gasteiger charge is -2.19. The molecule has 0 fully saturated rings. The van der Waals surface area contributed by atoms with E-state index in [9.17, 15) is 4.79 Å². The van der Waals surface area contributed by atoms with Crippen molar-refractivity contribution in [3.63, 3.8) is 0 Å². The second-order valence-electron chi connectivity index (χ2n) is 7.03. The van der Waals surface area contributed by atoms with Crippen LogP contribution < -0.4 is 4.90 Å². The lowest BCUT2D eigenvalue weighted by Crippen LogP contribution is -2.26. The fraction of sp³-hybridized carbons (Fsp3) is 0.174. The number of hydrogen-bond acceptors (Lipinski definition) is 3. The molecule has 0 aliphatic carbocycles. The number of carbonyl (C=O) groups excluding carboxylic acids is 1. The molecule has 0 aliphatic heterocycles. The standard InChI is InChI=1S/C23H22N4O/c1-15-10-12-18(13-11-15)26(3)23(28)19-14-20(17-8-6-5-7-9-17)24-22-21(19)16(2)25-27(22)4/h5-14H,1-4H3. The first-order valence-corrected chi connectivity index (χ1v) is 9.20. The fourth-order valence-electron chi connectivity index (χ4n) is 3.44. The van der Waals surface area contributed by atoms with Crippen molar-refractivity contribution in [3.05, 3.63) is 77.5 Å². The van der Waals surface area contributed by atoms with Crippen molar-refractivity contribution in [2.75, 3.05) is 11.9 Å². The molecule has 140 valence electrons. The maximum Gasteiger partial charge on any atom is 0.258 e. The predicted molar refractivity (Wildman–Crippen MR) is 113 cm³/mol. The Bertz CT molecular complexity index is 1160. The molecule has 4 aromatic rings. The molecule has 28 heavy (non-hydrogen) atoms. The monoisotopic (exact) mass is 370 g/mol. The molecule has 0 unspecified atom stereocenters. The molecule has 0 bridgehead atoms. The van der Waals surface area contributed by atoms with Crippen LogP contribution in [0, 0.1) is 13.8 Å². The molecule has 2 heterocycles. The zero-order valence-corrected chi connectivity index (χ0v) is 16.5. The minimum atomic E-state index is -0.0791. The van der Waals surface area contributed by atoms with Crippen molar-refractivity contribution in [1.82, 2.24) is 14.8 Å². The first kappa shape index (κ1) is 17.9. The lowest BCUT2D eigenvalue weighted by molar-refractivity contribution is 0.0994. The summed E-state index contributed by atoms with van der Waals surface area (Å²) in [7, 11) is 3.65. The average Bonchev–Trinajstić information content (AvgIpc) is 3.01. The summed E-state index contributed by atoms with van der Waals surface area (Å²) in [6, 6.07) is 19.7. The van der Waals surface area contributed by atoms with E-state index in [1.165, 1.54) is 0 Å². The van der Waals surface area contributed by atoms with Gasteiger partial charge in [-0.05, 0) is 32.0 Å². The molecule has 0 radical (unpaired) electrons. The highest BCUT2D eigenvalue weighted by molar-refractivity contribution is 6.14. The Morgan fingerprint density at radius 1 is 1.00 bits per heavy atom. The highest BCUT2D eigenvalue weighted by Gasteiger charge is 2.22. The number of rotatable bonds is 3. The van der Waals surface area contributed by atoms with Crippen LogP contribution in [0.4, 0.5) is 5.69 Å². The molecule has 5 nitrogen and oxygen atoms in total. The first-order chi connectivity index (χ1) is 13.5. The van der Waals surface area contributed by atoms with Gasteiger partial charge in [-0.15, -0.1) is 0 Å². The third-order valence-corrected chi connectivity index (χ3v) is 4.99. The highest BCUT2D eigenvalue weighted by atomic mass is 16.2. The Hall–Kier alpha value is -3.47. The largest absolute Gasteiger partial charge is 0.311 e. The number of benzene rings is 2. The van der Waals surface area contributed by atoms with E-state index < -0.39 is 0 Å². The molecule has 2 aromatic heterocycles. The van der Waals surface area contributed by atoms with Gasteiger partial charge in [-0.25, -0.2) is 4.98 Å². The summed E-state index contributed by atoms with van der Waals surface area (Å²) in [5.74, 6) is -0.0791. The van der Waals surface area contributed by atoms with Crippen molar-refractivity contribution in [2.24, 2.45) is 7.05 Å². The van der Waals surface area contributed by atoms with E-state index >= 15 is 0 Å². The second kappa shape index (κ2) is 6.93. The number of pyridine rings is 1. The predicted octanol–water partition coefficient (Wildman–Crippen LogP) is 4.53. The van der Waals surface area contributed by atoms with Gasteiger partial charge in [0, 0.05) is 25.3 Å². The van der Waals surface area contributed by atoms with E-state index in [1.54, 1.807) is 16.6 Å². The van der Waals surface area contributed by atoms with Crippen molar-refractivity contribution < 1.29 is 4.79 Å². The van der Waals surface area contributed by atoms with E-state index in [4.69, 9.17) is 4.98 Å². The third-order valence-electron chi connectivity index (χ3n) is 4.99. The van der Waals surface area contributed by atoms with Crippen LogP contribution in [0.5, 0.6) is 0 Å². The summed E-state index contributed by atoms with van der Waals surface area (Å²) >= 11 is 0. The van der Waals surface area contributed by atoms with Gasteiger partial charge in [-0.1, -0.05) is 48.0 Å². The van der Waals surface area contributed by atoms with Gasteiger partial charge in [0.05, 0.1) is 22.3 Å². The van der Waals surface area contributed by atoms with Gasteiger partial charge < -0.3 is 4.90 Å². The van der Waals surface area contributed by atoms with Crippen molar-refractivity contribution in [2.45, 2.75) is 13.8 Å². The lowest BCUT2D eigenvalue weighted by atomic mass is 10.0. The summed E-state index contributed by atoms with van der Waals surface area (Å²) in [5.41, 5.74) is 5.85. The molecule has 4 rings (SSSR count). The van der Waals surface area contributed by atoms with Gasteiger partial charge in [0.15, 0.2) is 5.65 Å². The Morgan fingerprint density at radius 3 is 2.36 bits per heavy atom. The summed E-state index contributed by atoms with van der Waals surface area (Å²) in [5, 5.41) is 5.29. The summed E-state index contributed by atoms with van der Waals surface area (Å²) < 4.78 is 1.74. The SMILES string of the molecule is Cc1ccc(N(C)C(=O)c2cc(-c3ccccc3)nc3c2c(C)nn3C)cc1. The van der Waals surface area contributed by atoms with Gasteiger partial charge in [0.2, 0.25) is 0 Å². The van der Waals surface area contributed by atoms with Crippen LogP contribution in [0.3, 0.4) is 0 Å². The molecule has 0 N–H and O–H groups in total. The topological polar surface area (TPSA) is 51.0 Å². The van der Waals surface area contributed by atoms with Crippen LogP contribution in [-0.2, 0) is 7.05 Å².